The van der Waals surface area contributed by atoms with Gasteiger partial charge in [-0.25, -0.2) is 4.98 Å². The van der Waals surface area contributed by atoms with Crippen LogP contribution in [0.2, 0.25) is 0 Å². The molecule has 0 aliphatic heterocycles. The molecule has 0 fully saturated rings. The molecule has 1 heterocycles. The van der Waals surface area contributed by atoms with E-state index in [1.807, 2.05) is 30.3 Å². The number of thiazole rings is 1. The van der Waals surface area contributed by atoms with E-state index in [9.17, 15) is 9.59 Å². The van der Waals surface area contributed by atoms with E-state index >= 15 is 0 Å². The molecule has 0 radical (unpaired) electrons. The van der Waals surface area contributed by atoms with Crippen molar-refractivity contribution in [3.8, 4) is 0 Å². The fraction of sp³-hybridized carbons (Fsp3) is 0.450. The summed E-state index contributed by atoms with van der Waals surface area (Å²) in [4.78, 5) is 31.1. The van der Waals surface area contributed by atoms with Crippen LogP contribution in [-0.4, -0.2) is 55.0 Å². The third kappa shape index (κ3) is 7.28. The molecule has 152 valence electrons. The maximum atomic E-state index is 13.0. The van der Waals surface area contributed by atoms with Crippen LogP contribution in [0.15, 0.2) is 35.7 Å². The van der Waals surface area contributed by atoms with Crippen molar-refractivity contribution >= 4 is 28.3 Å². The fourth-order valence-corrected chi connectivity index (χ4v) is 3.23. The monoisotopic (exact) mass is 404 g/mol. The first-order valence-corrected chi connectivity index (χ1v) is 10.3. The molecule has 0 saturated heterocycles. The van der Waals surface area contributed by atoms with Gasteiger partial charge < -0.3 is 20.3 Å². The van der Waals surface area contributed by atoms with Gasteiger partial charge in [0.15, 0.2) is 5.13 Å². The third-order valence-electron chi connectivity index (χ3n) is 4.00. The van der Waals surface area contributed by atoms with Crippen molar-refractivity contribution < 1.29 is 14.3 Å². The normalized spacial score (nSPS) is 10.5. The first kappa shape index (κ1) is 21.8. The van der Waals surface area contributed by atoms with Gasteiger partial charge in [0.25, 0.3) is 5.91 Å². The molecular weight excluding hydrogens is 376 g/mol. The van der Waals surface area contributed by atoms with Crippen LogP contribution in [0.3, 0.4) is 0 Å². The SMILES string of the molecule is CCCCNc1nc(C(=O)N(CC(=O)NCCOC)Cc2ccccc2)cs1. The Morgan fingerprint density at radius 3 is 2.71 bits per heavy atom. The second kappa shape index (κ2) is 12.1. The number of nitrogens with one attached hydrogen (secondary N) is 2. The second-order valence-corrected chi connectivity index (χ2v) is 7.17. The molecule has 2 aromatic rings. The number of unbranched alkanes of at least 4 members (excludes halogenated alkanes) is 1. The molecule has 2 N–H and O–H groups in total. The summed E-state index contributed by atoms with van der Waals surface area (Å²) < 4.78 is 4.94. The number of nitrogens with zero attached hydrogens (tertiary/aromatic N) is 2. The van der Waals surface area contributed by atoms with Crippen molar-refractivity contribution in [2.24, 2.45) is 0 Å². The summed E-state index contributed by atoms with van der Waals surface area (Å²) in [5.74, 6) is -0.483. The number of carbonyl (C=O) groups is 2. The van der Waals surface area contributed by atoms with Gasteiger partial charge in [-0.05, 0) is 12.0 Å². The topological polar surface area (TPSA) is 83.6 Å². The standard InChI is InChI=1S/C20H28N4O3S/c1-3-4-10-22-20-23-17(15-28-20)19(26)24(13-16-8-6-5-7-9-16)14-18(25)21-11-12-27-2/h5-9,15H,3-4,10-14H2,1-2H3,(H,21,25)(H,22,23). The van der Waals surface area contributed by atoms with Crippen molar-refractivity contribution in [2.75, 3.05) is 38.7 Å². The Kier molecular flexibility index (Phi) is 9.44. The summed E-state index contributed by atoms with van der Waals surface area (Å²) >= 11 is 1.40. The number of ether oxygens (including phenoxy) is 1. The predicted molar refractivity (Wildman–Crippen MR) is 112 cm³/mol. The maximum Gasteiger partial charge on any atom is 0.274 e. The van der Waals surface area contributed by atoms with Crippen LogP contribution in [-0.2, 0) is 16.1 Å². The molecule has 0 atom stereocenters. The zero-order valence-corrected chi connectivity index (χ0v) is 17.3. The Balaban J connectivity index is 2.06. The number of hydrogen-bond donors (Lipinski definition) is 2. The van der Waals surface area contributed by atoms with Crippen LogP contribution < -0.4 is 10.6 Å². The number of hydrogen-bond acceptors (Lipinski definition) is 6. The highest BCUT2D eigenvalue weighted by Gasteiger charge is 2.21. The second-order valence-electron chi connectivity index (χ2n) is 6.31. The summed E-state index contributed by atoms with van der Waals surface area (Å²) in [6, 6.07) is 9.61. The molecular formula is C20H28N4O3S. The predicted octanol–water partition coefficient (Wildman–Crippen LogP) is 2.76. The van der Waals surface area contributed by atoms with Crippen LogP contribution in [0.4, 0.5) is 5.13 Å². The Hall–Kier alpha value is -2.45. The average molecular weight is 405 g/mol. The van der Waals surface area contributed by atoms with Crippen LogP contribution in [0.5, 0.6) is 0 Å². The van der Waals surface area contributed by atoms with Crippen LogP contribution in [0.25, 0.3) is 0 Å². The molecule has 7 nitrogen and oxygen atoms in total. The summed E-state index contributed by atoms with van der Waals surface area (Å²) in [5.41, 5.74) is 1.31. The van der Waals surface area contributed by atoms with Crippen molar-refractivity contribution in [2.45, 2.75) is 26.3 Å². The van der Waals surface area contributed by atoms with Crippen LogP contribution in [0.1, 0.15) is 35.8 Å². The van der Waals surface area contributed by atoms with E-state index in [0.29, 0.717) is 25.4 Å². The average Bonchev–Trinajstić information content (AvgIpc) is 3.17. The zero-order chi connectivity index (χ0) is 20.2. The van der Waals surface area contributed by atoms with Gasteiger partial charge in [-0.15, -0.1) is 11.3 Å². The van der Waals surface area contributed by atoms with E-state index in [1.54, 1.807) is 12.5 Å². The van der Waals surface area contributed by atoms with Crippen LogP contribution >= 0.6 is 11.3 Å². The third-order valence-corrected chi connectivity index (χ3v) is 4.80. The lowest BCUT2D eigenvalue weighted by molar-refractivity contribution is -0.122. The molecule has 0 bridgehead atoms. The maximum absolute atomic E-state index is 13.0. The van der Waals surface area contributed by atoms with Gasteiger partial charge in [0.2, 0.25) is 5.91 Å². The molecule has 1 aromatic carbocycles. The molecule has 1 aromatic heterocycles. The van der Waals surface area contributed by atoms with E-state index in [4.69, 9.17) is 4.74 Å². The molecule has 0 unspecified atom stereocenters. The number of rotatable bonds is 12. The largest absolute Gasteiger partial charge is 0.383 e. The number of amides is 2. The van der Waals surface area contributed by atoms with E-state index in [0.717, 1.165) is 30.1 Å². The quantitative estimate of drug-likeness (QED) is 0.532. The summed E-state index contributed by atoms with van der Waals surface area (Å²) in [6.07, 6.45) is 2.14. The first-order valence-electron chi connectivity index (χ1n) is 9.42. The molecule has 2 amide bonds. The summed E-state index contributed by atoms with van der Waals surface area (Å²) in [5, 5.41) is 8.44. The van der Waals surface area contributed by atoms with Gasteiger partial charge in [0.1, 0.15) is 12.2 Å². The Labute approximate surface area is 170 Å². The minimum absolute atomic E-state index is 0.0342. The van der Waals surface area contributed by atoms with Gasteiger partial charge in [-0.2, -0.15) is 0 Å². The highest BCUT2D eigenvalue weighted by atomic mass is 32.1. The van der Waals surface area contributed by atoms with Gasteiger partial charge in [0, 0.05) is 32.1 Å². The number of carbonyl (C=O) groups excluding carboxylic acids is 2. The molecule has 0 spiro atoms. The summed E-state index contributed by atoms with van der Waals surface area (Å²) in [7, 11) is 1.58. The molecule has 2 rings (SSSR count). The van der Waals surface area contributed by atoms with Crippen molar-refractivity contribution in [3.05, 3.63) is 47.0 Å². The fourth-order valence-electron chi connectivity index (χ4n) is 2.51. The van der Waals surface area contributed by atoms with Gasteiger partial charge in [-0.1, -0.05) is 43.7 Å². The van der Waals surface area contributed by atoms with Gasteiger partial charge in [-0.3, -0.25) is 9.59 Å². The first-order chi connectivity index (χ1) is 13.6. The Morgan fingerprint density at radius 1 is 1.21 bits per heavy atom. The zero-order valence-electron chi connectivity index (χ0n) is 16.4. The highest BCUT2D eigenvalue weighted by molar-refractivity contribution is 7.13. The van der Waals surface area contributed by atoms with Gasteiger partial charge in [0.05, 0.1) is 6.61 Å². The van der Waals surface area contributed by atoms with Crippen molar-refractivity contribution in [3.63, 3.8) is 0 Å². The number of benzene rings is 1. The number of anilines is 1. The minimum atomic E-state index is -0.259. The molecule has 0 saturated carbocycles. The summed E-state index contributed by atoms with van der Waals surface area (Å²) in [6.45, 7) is 4.09. The van der Waals surface area contributed by atoms with E-state index < -0.39 is 0 Å². The lowest BCUT2D eigenvalue weighted by Gasteiger charge is -2.21. The van der Waals surface area contributed by atoms with Gasteiger partial charge >= 0.3 is 0 Å². The van der Waals surface area contributed by atoms with Crippen LogP contribution in [0, 0.1) is 0 Å². The smallest absolute Gasteiger partial charge is 0.274 e. The Morgan fingerprint density at radius 2 is 2.00 bits per heavy atom. The van der Waals surface area contributed by atoms with E-state index in [1.165, 1.54) is 16.2 Å². The minimum Gasteiger partial charge on any atom is -0.383 e. The highest BCUT2D eigenvalue weighted by Crippen LogP contribution is 2.18. The molecule has 28 heavy (non-hydrogen) atoms. The molecule has 0 aliphatic carbocycles. The lowest BCUT2D eigenvalue weighted by Crippen LogP contribution is -2.41. The Bertz CT molecular complexity index is 736. The van der Waals surface area contributed by atoms with Crippen molar-refractivity contribution in [1.82, 2.24) is 15.2 Å². The molecule has 8 heteroatoms. The van der Waals surface area contributed by atoms with E-state index in [2.05, 4.69) is 22.5 Å². The molecule has 0 aliphatic rings. The number of aromatic nitrogens is 1. The van der Waals surface area contributed by atoms with E-state index in [-0.39, 0.29) is 18.4 Å². The lowest BCUT2D eigenvalue weighted by atomic mass is 10.2. The number of methoxy groups -OCH3 is 1. The van der Waals surface area contributed by atoms with Crippen molar-refractivity contribution in [1.29, 1.82) is 0 Å².